The lowest BCUT2D eigenvalue weighted by atomic mass is 10.2. The molecule has 2 N–H and O–H groups in total. The standard InChI is InChI=1S/C11H11BrN2O2S/c1-2-17(15,16)11-8-5-7(12)3-4-10(8)14-6-9(11)13/h3-6H,2,13H2,1H3. The van der Waals surface area contributed by atoms with Crippen LogP contribution in [0.1, 0.15) is 6.92 Å². The van der Waals surface area contributed by atoms with Gasteiger partial charge >= 0.3 is 0 Å². The number of hydrogen-bond acceptors (Lipinski definition) is 4. The van der Waals surface area contributed by atoms with Crippen molar-refractivity contribution in [3.8, 4) is 0 Å². The molecule has 0 unspecified atom stereocenters. The van der Waals surface area contributed by atoms with Gasteiger partial charge in [0.15, 0.2) is 9.84 Å². The van der Waals surface area contributed by atoms with E-state index >= 15 is 0 Å². The van der Waals surface area contributed by atoms with E-state index in [1.165, 1.54) is 6.20 Å². The summed E-state index contributed by atoms with van der Waals surface area (Å²) >= 11 is 3.32. The highest BCUT2D eigenvalue weighted by Crippen LogP contribution is 2.29. The fraction of sp³-hybridized carbons (Fsp3) is 0.182. The van der Waals surface area contributed by atoms with Crippen LogP contribution in [-0.4, -0.2) is 19.2 Å². The lowest BCUT2D eigenvalue weighted by Crippen LogP contribution is -2.08. The Labute approximate surface area is 108 Å². The minimum atomic E-state index is -3.36. The number of anilines is 1. The fourth-order valence-electron chi connectivity index (χ4n) is 1.65. The van der Waals surface area contributed by atoms with Crippen LogP contribution in [-0.2, 0) is 9.84 Å². The SMILES string of the molecule is CCS(=O)(=O)c1c(N)cnc2ccc(Br)cc12. The zero-order valence-electron chi connectivity index (χ0n) is 9.14. The third kappa shape index (κ3) is 2.14. The highest BCUT2D eigenvalue weighted by Gasteiger charge is 2.19. The number of benzene rings is 1. The number of rotatable bonds is 2. The lowest BCUT2D eigenvalue weighted by molar-refractivity contribution is 0.598. The lowest BCUT2D eigenvalue weighted by Gasteiger charge is -2.09. The molecule has 0 saturated heterocycles. The van der Waals surface area contributed by atoms with Crippen molar-refractivity contribution < 1.29 is 8.42 Å². The van der Waals surface area contributed by atoms with Gasteiger partial charge in [-0.15, -0.1) is 0 Å². The number of hydrogen-bond donors (Lipinski definition) is 1. The number of fused-ring (bicyclic) bond motifs is 1. The molecule has 0 spiro atoms. The topological polar surface area (TPSA) is 73.0 Å². The van der Waals surface area contributed by atoms with Crippen LogP contribution in [0.2, 0.25) is 0 Å². The van der Waals surface area contributed by atoms with Gasteiger partial charge in [-0.25, -0.2) is 8.42 Å². The maximum atomic E-state index is 12.0. The molecule has 0 aliphatic carbocycles. The molecule has 0 radical (unpaired) electrons. The van der Waals surface area contributed by atoms with Gasteiger partial charge in [0, 0.05) is 9.86 Å². The number of aromatic nitrogens is 1. The second kappa shape index (κ2) is 4.27. The van der Waals surface area contributed by atoms with Gasteiger partial charge in [0.25, 0.3) is 0 Å². The van der Waals surface area contributed by atoms with Crippen molar-refractivity contribution in [3.05, 3.63) is 28.9 Å². The Balaban J connectivity index is 2.94. The summed E-state index contributed by atoms with van der Waals surface area (Å²) in [5.74, 6) is 0.0167. The van der Waals surface area contributed by atoms with Gasteiger partial charge in [-0.2, -0.15) is 0 Å². The van der Waals surface area contributed by atoms with Crippen molar-refractivity contribution >= 4 is 42.4 Å². The van der Waals surface area contributed by atoms with Gasteiger partial charge in [-0.3, -0.25) is 4.98 Å². The van der Waals surface area contributed by atoms with Gasteiger partial charge < -0.3 is 5.73 Å². The van der Waals surface area contributed by atoms with E-state index in [1.807, 2.05) is 6.07 Å². The van der Waals surface area contributed by atoms with Crippen molar-refractivity contribution in [3.63, 3.8) is 0 Å². The maximum Gasteiger partial charge on any atom is 0.180 e. The number of nitrogens with two attached hydrogens (primary N) is 1. The zero-order chi connectivity index (χ0) is 12.6. The highest BCUT2D eigenvalue weighted by molar-refractivity contribution is 9.10. The van der Waals surface area contributed by atoms with Crippen LogP contribution >= 0.6 is 15.9 Å². The quantitative estimate of drug-likeness (QED) is 0.923. The second-order valence-corrected chi connectivity index (χ2v) is 6.74. The van der Waals surface area contributed by atoms with Crippen LogP contribution in [0.15, 0.2) is 33.8 Å². The molecular formula is C11H11BrN2O2S. The van der Waals surface area contributed by atoms with Crippen LogP contribution < -0.4 is 5.73 Å². The Bertz CT molecular complexity index is 678. The van der Waals surface area contributed by atoms with Crippen molar-refractivity contribution in [1.29, 1.82) is 0 Å². The Morgan fingerprint density at radius 2 is 2.12 bits per heavy atom. The van der Waals surface area contributed by atoms with Gasteiger partial charge in [-0.05, 0) is 18.2 Å². The van der Waals surface area contributed by atoms with Crippen LogP contribution in [0.25, 0.3) is 10.9 Å². The molecule has 2 rings (SSSR count). The number of nitrogen functional groups attached to an aromatic ring is 1. The summed E-state index contributed by atoms with van der Waals surface area (Å²) in [5, 5.41) is 0.557. The average Bonchev–Trinajstić information content (AvgIpc) is 2.28. The first-order chi connectivity index (χ1) is 7.95. The number of sulfone groups is 1. The molecule has 0 aliphatic heterocycles. The predicted octanol–water partition coefficient (Wildman–Crippen LogP) is 2.37. The van der Waals surface area contributed by atoms with E-state index in [2.05, 4.69) is 20.9 Å². The summed E-state index contributed by atoms with van der Waals surface area (Å²) in [6.45, 7) is 1.60. The highest BCUT2D eigenvalue weighted by atomic mass is 79.9. The van der Waals surface area contributed by atoms with E-state index < -0.39 is 9.84 Å². The number of nitrogens with zero attached hydrogens (tertiary/aromatic N) is 1. The smallest absolute Gasteiger partial charge is 0.180 e. The summed E-state index contributed by atoms with van der Waals surface area (Å²) in [7, 11) is -3.36. The zero-order valence-corrected chi connectivity index (χ0v) is 11.5. The Kier molecular flexibility index (Phi) is 3.09. The molecule has 0 fully saturated rings. The van der Waals surface area contributed by atoms with Crippen molar-refractivity contribution in [2.75, 3.05) is 11.5 Å². The second-order valence-electron chi connectivity index (χ2n) is 3.61. The van der Waals surface area contributed by atoms with E-state index in [0.29, 0.717) is 10.9 Å². The number of halogens is 1. The Morgan fingerprint density at radius 3 is 2.76 bits per heavy atom. The molecule has 6 heteroatoms. The summed E-state index contributed by atoms with van der Waals surface area (Å²) < 4.78 is 24.8. The largest absolute Gasteiger partial charge is 0.396 e. The van der Waals surface area contributed by atoms with Crippen LogP contribution in [0.3, 0.4) is 0 Å². The maximum absolute atomic E-state index is 12.0. The van der Waals surface area contributed by atoms with E-state index in [0.717, 1.165) is 4.47 Å². The molecule has 1 aromatic carbocycles. The first-order valence-electron chi connectivity index (χ1n) is 5.02. The fourth-order valence-corrected chi connectivity index (χ4v) is 3.21. The summed E-state index contributed by atoms with van der Waals surface area (Å²) in [5.41, 5.74) is 6.55. The van der Waals surface area contributed by atoms with Gasteiger partial charge in [0.05, 0.1) is 23.2 Å². The predicted molar refractivity (Wildman–Crippen MR) is 71.6 cm³/mol. The Morgan fingerprint density at radius 1 is 1.41 bits per heavy atom. The molecular weight excluding hydrogens is 304 g/mol. The van der Waals surface area contributed by atoms with Crippen molar-refractivity contribution in [2.45, 2.75) is 11.8 Å². The number of pyridine rings is 1. The molecule has 0 saturated carbocycles. The monoisotopic (exact) mass is 314 g/mol. The molecule has 0 atom stereocenters. The van der Waals surface area contributed by atoms with Gasteiger partial charge in [0.1, 0.15) is 4.90 Å². The Hall–Kier alpha value is -1.14. The van der Waals surface area contributed by atoms with Crippen molar-refractivity contribution in [2.24, 2.45) is 0 Å². The first-order valence-corrected chi connectivity index (χ1v) is 7.46. The van der Waals surface area contributed by atoms with Gasteiger partial charge in [0.2, 0.25) is 0 Å². The average molecular weight is 315 g/mol. The first kappa shape index (κ1) is 12.3. The summed E-state index contributed by atoms with van der Waals surface area (Å²) in [6, 6.07) is 5.29. The summed E-state index contributed by atoms with van der Waals surface area (Å²) in [6.07, 6.45) is 1.39. The molecule has 0 bridgehead atoms. The molecule has 1 heterocycles. The van der Waals surface area contributed by atoms with E-state index in [1.54, 1.807) is 19.1 Å². The van der Waals surface area contributed by atoms with Crippen LogP contribution in [0.4, 0.5) is 5.69 Å². The van der Waals surface area contributed by atoms with Gasteiger partial charge in [-0.1, -0.05) is 22.9 Å². The molecule has 1 aromatic heterocycles. The van der Waals surface area contributed by atoms with Crippen molar-refractivity contribution in [1.82, 2.24) is 4.98 Å². The molecule has 0 amide bonds. The van der Waals surface area contributed by atoms with Crippen LogP contribution in [0, 0.1) is 0 Å². The normalized spacial score (nSPS) is 11.9. The third-order valence-electron chi connectivity index (χ3n) is 2.50. The van der Waals surface area contributed by atoms with E-state index in [9.17, 15) is 8.42 Å². The minimum Gasteiger partial charge on any atom is -0.396 e. The molecule has 2 aromatic rings. The molecule has 0 aliphatic rings. The third-order valence-corrected chi connectivity index (χ3v) is 4.83. The molecule has 17 heavy (non-hydrogen) atoms. The minimum absolute atomic E-state index is 0.0167. The van der Waals surface area contributed by atoms with Crippen LogP contribution in [0.5, 0.6) is 0 Å². The van der Waals surface area contributed by atoms with E-state index in [4.69, 9.17) is 5.73 Å². The summed E-state index contributed by atoms with van der Waals surface area (Å²) in [4.78, 5) is 4.29. The molecule has 90 valence electrons. The molecule has 4 nitrogen and oxygen atoms in total. The van der Waals surface area contributed by atoms with E-state index in [-0.39, 0.29) is 16.3 Å².